The zero-order chi connectivity index (χ0) is 17.1. The molecule has 3 N–H and O–H groups in total. The first-order valence-corrected chi connectivity index (χ1v) is 7.59. The van der Waals surface area contributed by atoms with Crippen molar-refractivity contribution in [2.75, 3.05) is 20.3 Å². The van der Waals surface area contributed by atoms with Gasteiger partial charge in [-0.05, 0) is 42.9 Å². The number of rotatable bonds is 7. The number of carbonyl (C=O) groups is 2. The molecule has 0 heterocycles. The van der Waals surface area contributed by atoms with Gasteiger partial charge >= 0.3 is 0 Å². The number of methoxy groups -OCH3 is 1. The fourth-order valence-corrected chi connectivity index (χ4v) is 1.71. The topological polar surface area (TPSA) is 88.7 Å². The maximum atomic E-state index is 12.0. The standard InChI is InChI=1S/C15H21N3O4S/c1-3-4-13(19)17-18-15(23)16-14(20)11-5-7-12(8-6-11)22-10-9-21-2/h5-8H,3-4,9-10H2,1-2H3,(H,17,19)(H2,16,18,20,23). The van der Waals surface area contributed by atoms with Crippen molar-refractivity contribution in [1.82, 2.24) is 16.2 Å². The number of benzene rings is 1. The van der Waals surface area contributed by atoms with E-state index in [2.05, 4.69) is 16.2 Å². The molecule has 7 nitrogen and oxygen atoms in total. The van der Waals surface area contributed by atoms with Gasteiger partial charge in [0.05, 0.1) is 6.61 Å². The van der Waals surface area contributed by atoms with E-state index in [9.17, 15) is 9.59 Å². The molecule has 0 radical (unpaired) electrons. The van der Waals surface area contributed by atoms with Crippen LogP contribution in [-0.2, 0) is 9.53 Å². The summed E-state index contributed by atoms with van der Waals surface area (Å²) in [6.45, 7) is 2.82. The molecule has 0 fully saturated rings. The fourth-order valence-electron chi connectivity index (χ4n) is 1.57. The molecule has 0 saturated heterocycles. The van der Waals surface area contributed by atoms with E-state index >= 15 is 0 Å². The lowest BCUT2D eigenvalue weighted by atomic mass is 10.2. The fraction of sp³-hybridized carbons (Fsp3) is 0.400. The Morgan fingerprint density at radius 3 is 2.43 bits per heavy atom. The SMILES string of the molecule is CCCC(=O)NNC(=S)NC(=O)c1ccc(OCCOC)cc1. The highest BCUT2D eigenvalue weighted by molar-refractivity contribution is 7.80. The van der Waals surface area contributed by atoms with Crippen LogP contribution in [0.15, 0.2) is 24.3 Å². The maximum absolute atomic E-state index is 12.0. The third-order valence-electron chi connectivity index (χ3n) is 2.69. The predicted molar refractivity (Wildman–Crippen MR) is 90.1 cm³/mol. The lowest BCUT2D eigenvalue weighted by Crippen LogP contribution is -2.48. The summed E-state index contributed by atoms with van der Waals surface area (Å²) < 4.78 is 10.3. The van der Waals surface area contributed by atoms with Crippen molar-refractivity contribution in [2.45, 2.75) is 19.8 Å². The molecule has 0 aliphatic heterocycles. The minimum atomic E-state index is -0.379. The molecule has 0 bridgehead atoms. The minimum absolute atomic E-state index is 0.0277. The summed E-state index contributed by atoms with van der Waals surface area (Å²) in [5.74, 6) is 0.0727. The highest BCUT2D eigenvalue weighted by Gasteiger charge is 2.08. The number of hydrogen-bond acceptors (Lipinski definition) is 5. The summed E-state index contributed by atoms with van der Waals surface area (Å²) >= 11 is 4.93. The molecule has 23 heavy (non-hydrogen) atoms. The number of ether oxygens (including phenoxy) is 2. The molecular formula is C15H21N3O4S. The number of carbonyl (C=O) groups excluding carboxylic acids is 2. The highest BCUT2D eigenvalue weighted by atomic mass is 32.1. The van der Waals surface area contributed by atoms with E-state index in [-0.39, 0.29) is 16.9 Å². The molecule has 126 valence electrons. The van der Waals surface area contributed by atoms with E-state index in [0.29, 0.717) is 30.9 Å². The maximum Gasteiger partial charge on any atom is 0.257 e. The van der Waals surface area contributed by atoms with Gasteiger partial charge in [0.25, 0.3) is 5.91 Å². The molecule has 1 aromatic carbocycles. The van der Waals surface area contributed by atoms with Crippen molar-refractivity contribution >= 4 is 29.1 Å². The molecule has 0 unspecified atom stereocenters. The van der Waals surface area contributed by atoms with Crippen molar-refractivity contribution in [1.29, 1.82) is 0 Å². The quantitative estimate of drug-likeness (QED) is 0.392. The first-order chi connectivity index (χ1) is 11.1. The Morgan fingerprint density at radius 1 is 1.13 bits per heavy atom. The van der Waals surface area contributed by atoms with Crippen molar-refractivity contribution in [3.8, 4) is 5.75 Å². The van der Waals surface area contributed by atoms with E-state index in [1.54, 1.807) is 31.4 Å². The second-order valence-corrected chi connectivity index (χ2v) is 4.98. The first-order valence-electron chi connectivity index (χ1n) is 7.18. The van der Waals surface area contributed by atoms with Gasteiger partial charge in [-0.15, -0.1) is 0 Å². The Morgan fingerprint density at radius 2 is 1.83 bits per heavy atom. The number of hydrazine groups is 1. The Labute approximate surface area is 140 Å². The average Bonchev–Trinajstić information content (AvgIpc) is 2.54. The van der Waals surface area contributed by atoms with Crippen LogP contribution in [-0.4, -0.2) is 37.3 Å². The van der Waals surface area contributed by atoms with Gasteiger partial charge in [0.1, 0.15) is 12.4 Å². The minimum Gasteiger partial charge on any atom is -0.491 e. The molecule has 0 aliphatic rings. The summed E-state index contributed by atoms with van der Waals surface area (Å²) in [6, 6.07) is 6.61. The van der Waals surface area contributed by atoms with Gasteiger partial charge in [0, 0.05) is 19.1 Å². The second kappa shape index (κ2) is 10.5. The third kappa shape index (κ3) is 7.57. The number of nitrogens with one attached hydrogen (secondary N) is 3. The van der Waals surface area contributed by atoms with Crippen LogP contribution < -0.4 is 20.9 Å². The zero-order valence-corrected chi connectivity index (χ0v) is 14.0. The number of amides is 2. The van der Waals surface area contributed by atoms with Gasteiger partial charge in [-0.1, -0.05) is 6.92 Å². The van der Waals surface area contributed by atoms with Crippen molar-refractivity contribution < 1.29 is 19.1 Å². The Balaban J connectivity index is 2.41. The van der Waals surface area contributed by atoms with Crippen LogP contribution in [0.2, 0.25) is 0 Å². The molecule has 1 rings (SSSR count). The van der Waals surface area contributed by atoms with Crippen LogP contribution in [0, 0.1) is 0 Å². The predicted octanol–water partition coefficient (Wildman–Crippen LogP) is 1.15. The molecule has 0 aliphatic carbocycles. The van der Waals surface area contributed by atoms with Gasteiger partial charge in [-0.25, -0.2) is 0 Å². The molecule has 1 aromatic rings. The number of thiocarbonyl (C=S) groups is 1. The van der Waals surface area contributed by atoms with E-state index < -0.39 is 0 Å². The van der Waals surface area contributed by atoms with Crippen LogP contribution in [0.25, 0.3) is 0 Å². The molecule has 0 atom stereocenters. The van der Waals surface area contributed by atoms with E-state index in [0.717, 1.165) is 6.42 Å². The van der Waals surface area contributed by atoms with Gasteiger partial charge in [-0.3, -0.25) is 25.8 Å². The van der Waals surface area contributed by atoms with E-state index in [1.165, 1.54) is 0 Å². The molecular weight excluding hydrogens is 318 g/mol. The smallest absolute Gasteiger partial charge is 0.257 e. The summed E-state index contributed by atoms with van der Waals surface area (Å²) in [5.41, 5.74) is 5.30. The van der Waals surface area contributed by atoms with Crippen molar-refractivity contribution in [2.24, 2.45) is 0 Å². The Bertz CT molecular complexity index is 534. The van der Waals surface area contributed by atoms with Crippen LogP contribution in [0.5, 0.6) is 5.75 Å². The van der Waals surface area contributed by atoms with Crippen LogP contribution in [0.1, 0.15) is 30.1 Å². The molecule has 0 aromatic heterocycles. The molecule has 0 spiro atoms. The third-order valence-corrected chi connectivity index (χ3v) is 2.90. The van der Waals surface area contributed by atoms with Crippen LogP contribution in [0.4, 0.5) is 0 Å². The summed E-state index contributed by atoms with van der Waals surface area (Å²) in [7, 11) is 1.60. The van der Waals surface area contributed by atoms with Gasteiger partial charge < -0.3 is 9.47 Å². The highest BCUT2D eigenvalue weighted by Crippen LogP contribution is 2.12. The van der Waals surface area contributed by atoms with Gasteiger partial charge in [0.15, 0.2) is 5.11 Å². The lowest BCUT2D eigenvalue weighted by Gasteiger charge is -2.11. The van der Waals surface area contributed by atoms with Gasteiger partial charge in [-0.2, -0.15) is 0 Å². The summed E-state index contributed by atoms with van der Waals surface area (Å²) in [5, 5.41) is 2.50. The average molecular weight is 339 g/mol. The second-order valence-electron chi connectivity index (χ2n) is 4.57. The van der Waals surface area contributed by atoms with Crippen molar-refractivity contribution in [3.63, 3.8) is 0 Å². The lowest BCUT2D eigenvalue weighted by molar-refractivity contribution is -0.121. The summed E-state index contributed by atoms with van der Waals surface area (Å²) in [4.78, 5) is 23.3. The number of hydrogen-bond donors (Lipinski definition) is 3. The van der Waals surface area contributed by atoms with E-state index in [1.807, 2.05) is 6.92 Å². The normalized spacial score (nSPS) is 9.83. The Hall–Kier alpha value is -2.19. The zero-order valence-electron chi connectivity index (χ0n) is 13.2. The molecule has 0 saturated carbocycles. The van der Waals surface area contributed by atoms with Gasteiger partial charge in [0.2, 0.25) is 5.91 Å². The van der Waals surface area contributed by atoms with E-state index in [4.69, 9.17) is 21.7 Å². The molecule has 2 amide bonds. The van der Waals surface area contributed by atoms with Crippen LogP contribution in [0.3, 0.4) is 0 Å². The Kier molecular flexibility index (Phi) is 8.63. The molecule has 8 heteroatoms. The monoisotopic (exact) mass is 339 g/mol. The van der Waals surface area contributed by atoms with Crippen molar-refractivity contribution in [3.05, 3.63) is 29.8 Å². The summed E-state index contributed by atoms with van der Waals surface area (Å²) in [6.07, 6.45) is 1.11. The first kappa shape index (κ1) is 18.9. The van der Waals surface area contributed by atoms with Crippen LogP contribution >= 0.6 is 12.2 Å². The largest absolute Gasteiger partial charge is 0.491 e.